The first kappa shape index (κ1) is 36.2. The van der Waals surface area contributed by atoms with Crippen molar-refractivity contribution in [3.05, 3.63) is 212 Å². The minimum Gasteiger partial charge on any atom is -0.208 e. The zero-order valence-corrected chi connectivity index (χ0v) is 35.8. The average molecular weight is 842 g/mol. The maximum absolute atomic E-state index is 5.32. The highest BCUT2D eigenvalue weighted by Gasteiger charge is 2.21. The summed E-state index contributed by atoms with van der Waals surface area (Å²) in [5.74, 6) is 1.92. The van der Waals surface area contributed by atoms with Gasteiger partial charge in [0, 0.05) is 36.9 Å². The molecule has 0 amide bonds. The third-order valence-corrected chi connectivity index (χ3v) is 14.6. The summed E-state index contributed by atoms with van der Waals surface area (Å²) >= 11 is 1.81. The molecule has 0 bridgehead atoms. The molecular weight excluding hydrogens is 807 g/mol. The van der Waals surface area contributed by atoms with Crippen molar-refractivity contribution in [2.24, 2.45) is 0 Å². The molecule has 65 heavy (non-hydrogen) atoms. The molecule has 0 aliphatic carbocycles. The highest BCUT2D eigenvalue weighted by Crippen LogP contribution is 2.46. The highest BCUT2D eigenvalue weighted by atomic mass is 32.1. The van der Waals surface area contributed by atoms with E-state index in [1.54, 1.807) is 0 Å². The molecule has 0 spiro atoms. The second-order valence-electron chi connectivity index (χ2n) is 17.0. The van der Waals surface area contributed by atoms with Crippen LogP contribution in [0.25, 0.3) is 141 Å². The van der Waals surface area contributed by atoms with E-state index in [2.05, 4.69) is 194 Å². The molecule has 0 saturated carbocycles. The number of rotatable bonds is 5. The summed E-state index contributed by atoms with van der Waals surface area (Å²) < 4.78 is 2.52. The van der Waals surface area contributed by atoms with Crippen molar-refractivity contribution in [1.82, 2.24) is 15.0 Å². The second kappa shape index (κ2) is 14.1. The summed E-state index contributed by atoms with van der Waals surface area (Å²) in [6.07, 6.45) is 0. The van der Waals surface area contributed by atoms with Crippen LogP contribution >= 0.6 is 11.3 Å². The van der Waals surface area contributed by atoms with E-state index in [-0.39, 0.29) is 0 Å². The molecule has 0 saturated heterocycles. The summed E-state index contributed by atoms with van der Waals surface area (Å²) in [5, 5.41) is 17.7. The van der Waals surface area contributed by atoms with Gasteiger partial charge in [0.25, 0.3) is 0 Å². The van der Waals surface area contributed by atoms with E-state index in [0.717, 1.165) is 38.9 Å². The van der Waals surface area contributed by atoms with Crippen LogP contribution in [-0.4, -0.2) is 15.0 Å². The van der Waals surface area contributed by atoms with Crippen LogP contribution in [0.15, 0.2) is 212 Å². The Labute approximate surface area is 377 Å². The molecule has 0 atom stereocenters. The van der Waals surface area contributed by atoms with E-state index < -0.39 is 0 Å². The SMILES string of the molecule is c1ccc(-c2nc(-c3ccc4sc5ccccc5c4c3)nc(-c3ccccc3-c3ccccc3-c3cc4ccc5cccc6c7cccc8ccc9cccc(c(c3)c4c56)c9c87)n2)cc1. The van der Waals surface area contributed by atoms with Gasteiger partial charge >= 0.3 is 0 Å². The van der Waals surface area contributed by atoms with Gasteiger partial charge in [0.2, 0.25) is 0 Å². The lowest BCUT2D eigenvalue weighted by atomic mass is 9.85. The third-order valence-electron chi connectivity index (χ3n) is 13.4. The minimum atomic E-state index is 0.633. The van der Waals surface area contributed by atoms with Crippen molar-refractivity contribution >= 4 is 96.1 Å². The average Bonchev–Trinajstić information content (AvgIpc) is 3.75. The molecule has 2 aromatic heterocycles. The van der Waals surface area contributed by atoms with Crippen LogP contribution in [0.2, 0.25) is 0 Å². The summed E-state index contributed by atoms with van der Waals surface area (Å²) in [4.78, 5) is 15.7. The van der Waals surface area contributed by atoms with Crippen LogP contribution in [0.3, 0.4) is 0 Å². The zero-order valence-electron chi connectivity index (χ0n) is 35.0. The molecule has 2 heterocycles. The molecule has 0 radical (unpaired) electrons. The molecule has 0 aliphatic heterocycles. The summed E-state index contributed by atoms with van der Waals surface area (Å²) in [6, 6.07) is 77.2. The van der Waals surface area contributed by atoms with Crippen molar-refractivity contribution in [3.8, 4) is 56.4 Å². The van der Waals surface area contributed by atoms with Gasteiger partial charge in [0.05, 0.1) is 0 Å². The van der Waals surface area contributed by atoms with E-state index in [1.807, 2.05) is 29.5 Å². The highest BCUT2D eigenvalue weighted by molar-refractivity contribution is 7.25. The summed E-state index contributed by atoms with van der Waals surface area (Å²) in [5.41, 5.74) is 7.32. The van der Waals surface area contributed by atoms with Gasteiger partial charge in [0.15, 0.2) is 17.5 Å². The predicted molar refractivity (Wildman–Crippen MR) is 276 cm³/mol. The predicted octanol–water partition coefficient (Wildman–Crippen LogP) is 16.9. The molecule has 300 valence electrons. The van der Waals surface area contributed by atoms with Crippen LogP contribution in [0.1, 0.15) is 0 Å². The van der Waals surface area contributed by atoms with Gasteiger partial charge in [-0.3, -0.25) is 0 Å². The largest absolute Gasteiger partial charge is 0.208 e. The molecule has 3 nitrogen and oxygen atoms in total. The molecule has 0 aliphatic rings. The topological polar surface area (TPSA) is 38.7 Å². The number of hydrogen-bond donors (Lipinski definition) is 0. The van der Waals surface area contributed by atoms with Crippen LogP contribution in [0, 0.1) is 0 Å². The Hall–Kier alpha value is -8.31. The minimum absolute atomic E-state index is 0.633. The van der Waals surface area contributed by atoms with Crippen molar-refractivity contribution in [2.45, 2.75) is 0 Å². The molecule has 12 aromatic carbocycles. The number of thiophene rings is 1. The van der Waals surface area contributed by atoms with E-state index in [0.29, 0.717) is 17.5 Å². The molecular formula is C61H35N3S. The first-order valence-electron chi connectivity index (χ1n) is 22.1. The van der Waals surface area contributed by atoms with Crippen molar-refractivity contribution in [3.63, 3.8) is 0 Å². The van der Waals surface area contributed by atoms with E-state index >= 15 is 0 Å². The quantitative estimate of drug-likeness (QED) is 0.162. The maximum atomic E-state index is 5.32. The summed E-state index contributed by atoms with van der Waals surface area (Å²) in [6.45, 7) is 0. The lowest BCUT2D eigenvalue weighted by Gasteiger charge is -2.18. The zero-order chi connectivity index (χ0) is 42.6. The molecule has 14 aromatic rings. The number of hydrogen-bond acceptors (Lipinski definition) is 4. The molecule has 0 fully saturated rings. The van der Waals surface area contributed by atoms with Gasteiger partial charge in [-0.2, -0.15) is 0 Å². The molecule has 0 unspecified atom stereocenters. The van der Waals surface area contributed by atoms with Gasteiger partial charge in [-0.05, 0) is 123 Å². The molecule has 14 rings (SSSR count). The number of nitrogens with zero attached hydrogens (tertiary/aromatic N) is 3. The van der Waals surface area contributed by atoms with Crippen molar-refractivity contribution in [2.75, 3.05) is 0 Å². The number of aromatic nitrogens is 3. The number of benzene rings is 11. The smallest absolute Gasteiger partial charge is 0.164 e. The normalized spacial score (nSPS) is 12.0. The van der Waals surface area contributed by atoms with E-state index in [4.69, 9.17) is 15.0 Å². The van der Waals surface area contributed by atoms with Gasteiger partial charge in [0.1, 0.15) is 0 Å². The molecule has 4 heteroatoms. The van der Waals surface area contributed by atoms with E-state index in [1.165, 1.54) is 84.8 Å². The lowest BCUT2D eigenvalue weighted by Crippen LogP contribution is -2.01. The fourth-order valence-corrected chi connectivity index (χ4v) is 11.6. The first-order valence-corrected chi connectivity index (χ1v) is 22.9. The first-order chi connectivity index (χ1) is 32.2. The molecule has 0 N–H and O–H groups in total. The Morgan fingerprint density at radius 2 is 0.723 bits per heavy atom. The Bertz CT molecular complexity index is 4240. The van der Waals surface area contributed by atoms with Crippen LogP contribution in [-0.2, 0) is 0 Å². The Morgan fingerprint density at radius 1 is 0.246 bits per heavy atom. The van der Waals surface area contributed by atoms with Crippen LogP contribution in [0.4, 0.5) is 0 Å². The Kier molecular flexibility index (Phi) is 7.85. The van der Waals surface area contributed by atoms with Crippen LogP contribution < -0.4 is 0 Å². The van der Waals surface area contributed by atoms with Crippen molar-refractivity contribution < 1.29 is 0 Å². The second-order valence-corrected chi connectivity index (χ2v) is 18.1. The van der Waals surface area contributed by atoms with Crippen molar-refractivity contribution in [1.29, 1.82) is 0 Å². The summed E-state index contributed by atoms with van der Waals surface area (Å²) in [7, 11) is 0. The third kappa shape index (κ3) is 5.58. The van der Waals surface area contributed by atoms with Gasteiger partial charge in [-0.25, -0.2) is 15.0 Å². The van der Waals surface area contributed by atoms with Gasteiger partial charge in [-0.15, -0.1) is 11.3 Å². The number of fused-ring (bicyclic) bond motifs is 5. The van der Waals surface area contributed by atoms with E-state index in [9.17, 15) is 0 Å². The fourth-order valence-electron chi connectivity index (χ4n) is 10.5. The van der Waals surface area contributed by atoms with Gasteiger partial charge in [-0.1, -0.05) is 176 Å². The van der Waals surface area contributed by atoms with Gasteiger partial charge < -0.3 is 0 Å². The van der Waals surface area contributed by atoms with Crippen LogP contribution in [0.5, 0.6) is 0 Å². The Balaban J connectivity index is 1.01. The standard InChI is InChI=1S/C61H35N3S/c1-2-13-39(14-3-1)59-62-60(41-31-32-54-51(34-41)46-21-8-9-26-53(46)65-54)64-61(63-59)50-22-7-6-20-45(50)44-19-5-4-18-43(44)42-33-40-30-29-38-16-11-24-48-47-23-10-15-36-27-28-37-17-12-25-49(57(37)55(36)47)52(35-42)58(40)56(38)48/h1-35H. The monoisotopic (exact) mass is 841 g/mol. The lowest BCUT2D eigenvalue weighted by molar-refractivity contribution is 1.07. The fraction of sp³-hybridized carbons (Fsp3) is 0. The maximum Gasteiger partial charge on any atom is 0.164 e. The Morgan fingerprint density at radius 3 is 1.42 bits per heavy atom.